The number of anilines is 4. The normalized spacial score (nSPS) is 11.5. The van der Waals surface area contributed by atoms with Crippen LogP contribution in [0.1, 0.15) is 15.9 Å². The van der Waals surface area contributed by atoms with E-state index in [0.29, 0.717) is 6.07 Å². The molecule has 3 aromatic heterocycles. The molecule has 8 nitrogen and oxygen atoms in total. The number of rotatable bonds is 5. The van der Waals surface area contributed by atoms with E-state index in [-0.39, 0.29) is 28.4 Å². The van der Waals surface area contributed by atoms with E-state index in [1.54, 1.807) is 12.1 Å². The number of amides is 1. The Kier molecular flexibility index (Phi) is 5.95. The molecule has 0 bridgehead atoms. The van der Waals surface area contributed by atoms with Gasteiger partial charge in [0.2, 0.25) is 0 Å². The quantitative estimate of drug-likeness (QED) is 0.291. The average Bonchev–Trinajstić information content (AvgIpc) is 3.38. The van der Waals surface area contributed by atoms with Crippen LogP contribution in [0.15, 0.2) is 73.4 Å². The van der Waals surface area contributed by atoms with Gasteiger partial charge in [0, 0.05) is 11.8 Å². The summed E-state index contributed by atoms with van der Waals surface area (Å²) in [5.41, 5.74) is -2.05. The van der Waals surface area contributed by atoms with E-state index >= 15 is 8.78 Å². The zero-order valence-corrected chi connectivity index (χ0v) is 18.5. The van der Waals surface area contributed by atoms with Gasteiger partial charge in [-0.2, -0.15) is 13.2 Å². The zero-order chi connectivity index (χ0) is 26.2. The van der Waals surface area contributed by atoms with Crippen LogP contribution in [-0.4, -0.2) is 30.8 Å². The first-order valence-electron chi connectivity index (χ1n) is 10.6. The monoisotopic (exact) mass is 511 g/mol. The number of nitrogens with one attached hydrogen (secondary N) is 2. The van der Waals surface area contributed by atoms with Crippen molar-refractivity contribution in [2.45, 2.75) is 6.18 Å². The molecule has 2 N–H and O–H groups in total. The fraction of sp³-hybridized carbons (Fsp3) is 0.0417. The first-order valence-corrected chi connectivity index (χ1v) is 10.6. The van der Waals surface area contributed by atoms with Crippen molar-refractivity contribution in [2.24, 2.45) is 0 Å². The molecule has 0 atom stereocenters. The molecule has 0 saturated heterocycles. The van der Waals surface area contributed by atoms with Crippen LogP contribution in [0.4, 0.5) is 45.0 Å². The molecule has 0 spiro atoms. The molecule has 1 amide bonds. The van der Waals surface area contributed by atoms with Crippen molar-refractivity contribution < 1.29 is 26.7 Å². The predicted molar refractivity (Wildman–Crippen MR) is 123 cm³/mol. The molecule has 13 heteroatoms. The molecule has 2 aromatic carbocycles. The molecule has 0 unspecified atom stereocenters. The van der Waals surface area contributed by atoms with Crippen molar-refractivity contribution in [3.63, 3.8) is 0 Å². The predicted octanol–water partition coefficient (Wildman–Crippen LogP) is 5.77. The number of imidazole rings is 1. The highest BCUT2D eigenvalue weighted by atomic mass is 19.4. The number of pyridine rings is 1. The third-order valence-electron chi connectivity index (χ3n) is 5.28. The highest BCUT2D eigenvalue weighted by Gasteiger charge is 2.31. The minimum absolute atomic E-state index is 0.0142. The Bertz CT molecular complexity index is 1600. The van der Waals surface area contributed by atoms with Crippen molar-refractivity contribution in [2.75, 3.05) is 10.2 Å². The molecule has 0 aliphatic heterocycles. The van der Waals surface area contributed by atoms with Gasteiger partial charge in [-0.05, 0) is 42.5 Å². The fourth-order valence-electron chi connectivity index (χ4n) is 3.61. The molecular weight excluding hydrogens is 497 g/mol. The number of benzene rings is 2. The third-order valence-corrected chi connectivity index (χ3v) is 5.28. The van der Waals surface area contributed by atoms with Crippen LogP contribution in [0, 0.1) is 11.6 Å². The zero-order valence-electron chi connectivity index (χ0n) is 18.5. The summed E-state index contributed by atoms with van der Waals surface area (Å²) < 4.78 is 70.2. The molecule has 5 rings (SSSR count). The third kappa shape index (κ3) is 4.53. The van der Waals surface area contributed by atoms with E-state index in [9.17, 15) is 18.0 Å². The number of halogens is 5. The Labute approximate surface area is 204 Å². The van der Waals surface area contributed by atoms with Crippen LogP contribution in [-0.2, 0) is 6.18 Å². The number of H-pyrrole nitrogens is 1. The summed E-state index contributed by atoms with van der Waals surface area (Å²) >= 11 is 0. The van der Waals surface area contributed by atoms with Crippen molar-refractivity contribution in [3.8, 4) is 0 Å². The first-order chi connectivity index (χ1) is 17.7. The molecule has 37 heavy (non-hydrogen) atoms. The van der Waals surface area contributed by atoms with Crippen molar-refractivity contribution in [1.82, 2.24) is 24.9 Å². The molecular formula is C24H14F5N7O. The summed E-state index contributed by atoms with van der Waals surface area (Å²) in [6, 6.07) is 10.2. The van der Waals surface area contributed by atoms with E-state index in [2.05, 4.69) is 30.2 Å². The number of carbonyl (C=O) groups is 1. The van der Waals surface area contributed by atoms with Gasteiger partial charge < -0.3 is 10.3 Å². The largest absolute Gasteiger partial charge is 0.416 e. The van der Waals surface area contributed by atoms with E-state index < -0.39 is 40.7 Å². The van der Waals surface area contributed by atoms with E-state index in [0.717, 1.165) is 41.6 Å². The van der Waals surface area contributed by atoms with Gasteiger partial charge >= 0.3 is 6.18 Å². The smallest absolute Gasteiger partial charge is 0.340 e. The van der Waals surface area contributed by atoms with E-state index in [1.165, 1.54) is 18.6 Å². The Hall–Kier alpha value is -4.94. The van der Waals surface area contributed by atoms with Crippen LogP contribution >= 0.6 is 0 Å². The van der Waals surface area contributed by atoms with Crippen LogP contribution in [0.5, 0.6) is 0 Å². The highest BCUT2D eigenvalue weighted by Crippen LogP contribution is 2.40. The highest BCUT2D eigenvalue weighted by molar-refractivity contribution is 6.05. The maximum atomic E-state index is 15.9. The lowest BCUT2D eigenvalue weighted by atomic mass is 10.1. The number of hydrogen-bond acceptors (Lipinski definition) is 6. The number of aromatic amines is 1. The number of fused-ring (bicyclic) bond motifs is 1. The van der Waals surface area contributed by atoms with Gasteiger partial charge in [-0.15, -0.1) is 0 Å². The molecule has 186 valence electrons. The van der Waals surface area contributed by atoms with Crippen molar-refractivity contribution in [1.29, 1.82) is 0 Å². The maximum absolute atomic E-state index is 15.9. The first kappa shape index (κ1) is 23.8. The van der Waals surface area contributed by atoms with E-state index in [1.807, 2.05) is 0 Å². The fourth-order valence-corrected chi connectivity index (χ4v) is 3.61. The Morgan fingerprint density at radius 3 is 2.54 bits per heavy atom. The summed E-state index contributed by atoms with van der Waals surface area (Å²) in [4.78, 5) is 33.0. The number of nitrogens with zero attached hydrogens (tertiary/aromatic N) is 5. The van der Waals surface area contributed by atoms with Gasteiger partial charge in [-0.25, -0.2) is 28.7 Å². The molecule has 0 aliphatic carbocycles. The van der Waals surface area contributed by atoms with Gasteiger partial charge in [-0.3, -0.25) is 9.69 Å². The SMILES string of the molecule is O=C(Nc1ccc(F)c(N(c2ccccn2)c2ncnc3nc[nH]c23)c1F)c1cccc(C(F)(F)F)c1. The van der Waals surface area contributed by atoms with Crippen LogP contribution in [0.3, 0.4) is 0 Å². The standard InChI is InChI=1S/C24H14F5N7O/c25-15-7-8-16(35-23(37)13-4-3-5-14(10-13)24(27,28)29)18(26)20(15)36(17-6-1-2-9-30-17)22-19-21(32-11-31-19)33-12-34-22/h1-12H,(H,35,37)(H,31,32,33,34). The minimum atomic E-state index is -4.68. The van der Waals surface area contributed by atoms with Crippen LogP contribution in [0.2, 0.25) is 0 Å². The summed E-state index contributed by atoms with van der Waals surface area (Å²) in [7, 11) is 0. The maximum Gasteiger partial charge on any atom is 0.416 e. The Balaban J connectivity index is 1.61. The lowest BCUT2D eigenvalue weighted by Crippen LogP contribution is -2.19. The van der Waals surface area contributed by atoms with Gasteiger partial charge in [0.1, 0.15) is 29.2 Å². The average molecular weight is 511 g/mol. The molecule has 0 fully saturated rings. The molecule has 0 aliphatic rings. The summed E-state index contributed by atoms with van der Waals surface area (Å²) in [6.07, 6.45) is -0.784. The second-order valence-corrected chi connectivity index (χ2v) is 7.61. The van der Waals surface area contributed by atoms with Crippen molar-refractivity contribution in [3.05, 3.63) is 96.2 Å². The number of carbonyl (C=O) groups excluding carboxylic acids is 1. The Morgan fingerprint density at radius 2 is 1.78 bits per heavy atom. The summed E-state index contributed by atoms with van der Waals surface area (Å²) in [5, 5.41) is 2.21. The summed E-state index contributed by atoms with van der Waals surface area (Å²) in [5.74, 6) is -3.16. The molecule has 3 heterocycles. The van der Waals surface area contributed by atoms with Gasteiger partial charge in [0.05, 0.1) is 17.6 Å². The van der Waals surface area contributed by atoms with Crippen LogP contribution < -0.4 is 10.2 Å². The van der Waals surface area contributed by atoms with E-state index in [4.69, 9.17) is 0 Å². The van der Waals surface area contributed by atoms with Crippen molar-refractivity contribution >= 4 is 40.1 Å². The minimum Gasteiger partial charge on any atom is -0.340 e. The van der Waals surface area contributed by atoms with Gasteiger partial charge in [-0.1, -0.05) is 12.1 Å². The lowest BCUT2D eigenvalue weighted by molar-refractivity contribution is -0.137. The molecule has 0 saturated carbocycles. The second-order valence-electron chi connectivity index (χ2n) is 7.61. The summed E-state index contributed by atoms with van der Waals surface area (Å²) in [6.45, 7) is 0. The number of hydrogen-bond donors (Lipinski definition) is 2. The topological polar surface area (TPSA) is 99.7 Å². The molecule has 0 radical (unpaired) electrons. The van der Waals surface area contributed by atoms with Gasteiger partial charge in [0.15, 0.2) is 17.3 Å². The molecule has 5 aromatic rings. The number of alkyl halides is 3. The Morgan fingerprint density at radius 1 is 0.946 bits per heavy atom. The second kappa shape index (κ2) is 9.26. The van der Waals surface area contributed by atoms with Gasteiger partial charge in [0.25, 0.3) is 5.91 Å². The van der Waals surface area contributed by atoms with Crippen LogP contribution in [0.25, 0.3) is 11.2 Å². The lowest BCUT2D eigenvalue weighted by Gasteiger charge is -2.24. The number of aromatic nitrogens is 5.